The lowest BCUT2D eigenvalue weighted by Gasteiger charge is -2.25. The average molecular weight is 283 g/mol. The van der Waals surface area contributed by atoms with Gasteiger partial charge in [-0.25, -0.2) is 0 Å². The van der Waals surface area contributed by atoms with Crippen molar-refractivity contribution in [3.8, 4) is 0 Å². The van der Waals surface area contributed by atoms with Crippen LogP contribution < -0.4 is 5.48 Å². The van der Waals surface area contributed by atoms with Crippen molar-refractivity contribution in [1.82, 2.24) is 5.48 Å². The van der Waals surface area contributed by atoms with E-state index in [-0.39, 0.29) is 0 Å². The molecule has 0 aliphatic heterocycles. The highest BCUT2D eigenvalue weighted by Crippen LogP contribution is 2.25. The van der Waals surface area contributed by atoms with Gasteiger partial charge < -0.3 is 9.84 Å². The second kappa shape index (κ2) is 8.78. The molecule has 116 valence electrons. The molecule has 0 bridgehead atoms. The van der Waals surface area contributed by atoms with Crippen LogP contribution in [0.3, 0.4) is 0 Å². The zero-order valence-corrected chi connectivity index (χ0v) is 12.6. The molecule has 3 unspecified atom stereocenters. The summed E-state index contributed by atoms with van der Waals surface area (Å²) in [4.78, 5) is 5.51. The van der Waals surface area contributed by atoms with Crippen LogP contribution in [0.1, 0.15) is 45.4 Å². The first-order chi connectivity index (χ1) is 9.75. The molecular weight excluding hydrogens is 254 g/mol. The van der Waals surface area contributed by atoms with Crippen LogP contribution in [0.5, 0.6) is 0 Å². The van der Waals surface area contributed by atoms with E-state index in [9.17, 15) is 5.11 Å². The highest BCUT2D eigenvalue weighted by Gasteiger charge is 2.19. The Kier molecular flexibility index (Phi) is 7.00. The van der Waals surface area contributed by atoms with Crippen LogP contribution in [-0.2, 0) is 9.57 Å². The lowest BCUT2D eigenvalue weighted by Crippen LogP contribution is -2.33. The standard InChI is InChI=1S/C16H29NO3/c1-13-6-2-3-7-14(13)11-19-12-15(18)10-17-20-16-8-4-5-9-16/h2-3,13-18H,4-12H2,1H3. The summed E-state index contributed by atoms with van der Waals surface area (Å²) in [6, 6.07) is 0. The summed E-state index contributed by atoms with van der Waals surface area (Å²) in [6.45, 7) is 3.83. The van der Waals surface area contributed by atoms with Gasteiger partial charge >= 0.3 is 0 Å². The Morgan fingerprint density at radius 2 is 2.00 bits per heavy atom. The number of rotatable bonds is 8. The molecule has 1 saturated carbocycles. The van der Waals surface area contributed by atoms with E-state index in [1.165, 1.54) is 12.8 Å². The van der Waals surface area contributed by atoms with E-state index < -0.39 is 6.10 Å². The first-order valence-electron chi connectivity index (χ1n) is 8.05. The number of aliphatic hydroxyl groups is 1. The zero-order valence-electron chi connectivity index (χ0n) is 12.6. The quantitative estimate of drug-likeness (QED) is 0.530. The zero-order chi connectivity index (χ0) is 14.2. The van der Waals surface area contributed by atoms with Gasteiger partial charge in [-0.1, -0.05) is 31.9 Å². The summed E-state index contributed by atoms with van der Waals surface area (Å²) in [6.07, 6.45) is 11.3. The number of nitrogens with one attached hydrogen (secondary N) is 1. The normalized spacial score (nSPS) is 28.9. The van der Waals surface area contributed by atoms with Gasteiger partial charge in [-0.2, -0.15) is 5.48 Å². The Morgan fingerprint density at radius 3 is 2.75 bits per heavy atom. The summed E-state index contributed by atoms with van der Waals surface area (Å²) in [7, 11) is 0. The van der Waals surface area contributed by atoms with Gasteiger partial charge in [0, 0.05) is 6.54 Å². The van der Waals surface area contributed by atoms with Gasteiger partial charge in [0.25, 0.3) is 0 Å². The summed E-state index contributed by atoms with van der Waals surface area (Å²) >= 11 is 0. The SMILES string of the molecule is CC1CC=CCC1COCC(O)CNOC1CCCC1. The molecule has 0 aromatic carbocycles. The maximum absolute atomic E-state index is 9.84. The molecule has 0 radical (unpaired) electrons. The van der Waals surface area contributed by atoms with Crippen molar-refractivity contribution in [2.75, 3.05) is 19.8 Å². The van der Waals surface area contributed by atoms with Crippen LogP contribution in [0, 0.1) is 11.8 Å². The molecule has 0 aromatic heterocycles. The minimum atomic E-state index is -0.495. The maximum atomic E-state index is 9.84. The second-order valence-corrected chi connectivity index (χ2v) is 6.24. The van der Waals surface area contributed by atoms with Crippen LogP contribution in [0.2, 0.25) is 0 Å². The fourth-order valence-corrected chi connectivity index (χ4v) is 2.92. The van der Waals surface area contributed by atoms with E-state index in [0.717, 1.165) is 32.3 Å². The van der Waals surface area contributed by atoms with E-state index >= 15 is 0 Å². The van der Waals surface area contributed by atoms with Crippen LogP contribution in [-0.4, -0.2) is 37.1 Å². The van der Waals surface area contributed by atoms with Crippen LogP contribution >= 0.6 is 0 Å². The van der Waals surface area contributed by atoms with Gasteiger partial charge in [-0.15, -0.1) is 0 Å². The minimum Gasteiger partial charge on any atom is -0.389 e. The first kappa shape index (κ1) is 16.0. The number of ether oxygens (including phenoxy) is 1. The van der Waals surface area contributed by atoms with Crippen molar-refractivity contribution in [2.24, 2.45) is 11.8 Å². The van der Waals surface area contributed by atoms with Crippen LogP contribution in [0.25, 0.3) is 0 Å². The van der Waals surface area contributed by atoms with E-state index in [1.807, 2.05) is 0 Å². The van der Waals surface area contributed by atoms with Gasteiger partial charge in [-0.3, -0.25) is 4.84 Å². The fraction of sp³-hybridized carbons (Fsp3) is 0.875. The number of hydrogen-bond donors (Lipinski definition) is 2. The molecule has 0 saturated heterocycles. The molecule has 2 rings (SSSR count). The number of allylic oxidation sites excluding steroid dienone is 2. The molecule has 2 N–H and O–H groups in total. The molecular formula is C16H29NO3. The van der Waals surface area contributed by atoms with Gasteiger partial charge in [0.15, 0.2) is 0 Å². The molecule has 2 aliphatic rings. The van der Waals surface area contributed by atoms with Gasteiger partial charge in [0.1, 0.15) is 0 Å². The predicted molar refractivity (Wildman–Crippen MR) is 79.2 cm³/mol. The number of hydroxylamine groups is 1. The predicted octanol–water partition coefficient (Wildman–Crippen LogP) is 2.43. The molecule has 2 aliphatic carbocycles. The molecule has 0 amide bonds. The third kappa shape index (κ3) is 5.52. The first-order valence-corrected chi connectivity index (χ1v) is 8.05. The Labute approximate surface area is 122 Å². The summed E-state index contributed by atoms with van der Waals surface area (Å²) in [5.41, 5.74) is 2.88. The van der Waals surface area contributed by atoms with Crippen molar-refractivity contribution in [2.45, 2.75) is 57.7 Å². The largest absolute Gasteiger partial charge is 0.389 e. The van der Waals surface area contributed by atoms with Gasteiger partial charge in [0.2, 0.25) is 0 Å². The average Bonchev–Trinajstić information content (AvgIpc) is 2.94. The van der Waals surface area contributed by atoms with Crippen molar-refractivity contribution >= 4 is 0 Å². The highest BCUT2D eigenvalue weighted by atomic mass is 16.7. The Morgan fingerprint density at radius 1 is 1.25 bits per heavy atom. The third-order valence-corrected chi connectivity index (χ3v) is 4.43. The van der Waals surface area contributed by atoms with E-state index in [0.29, 0.717) is 31.1 Å². The van der Waals surface area contributed by atoms with Crippen molar-refractivity contribution in [1.29, 1.82) is 0 Å². The molecule has 1 fully saturated rings. The van der Waals surface area contributed by atoms with E-state index in [4.69, 9.17) is 9.57 Å². The smallest absolute Gasteiger partial charge is 0.0920 e. The van der Waals surface area contributed by atoms with Crippen LogP contribution in [0.4, 0.5) is 0 Å². The molecule has 4 heteroatoms. The Balaban J connectivity index is 1.49. The summed E-state index contributed by atoms with van der Waals surface area (Å²) in [5, 5.41) is 9.84. The topological polar surface area (TPSA) is 50.7 Å². The van der Waals surface area contributed by atoms with Crippen molar-refractivity contribution < 1.29 is 14.7 Å². The molecule has 0 heterocycles. The molecule has 0 aromatic rings. The monoisotopic (exact) mass is 283 g/mol. The number of aliphatic hydroxyl groups excluding tert-OH is 1. The van der Waals surface area contributed by atoms with Gasteiger partial charge in [-0.05, 0) is 37.5 Å². The van der Waals surface area contributed by atoms with E-state index in [1.54, 1.807) is 0 Å². The van der Waals surface area contributed by atoms with Gasteiger partial charge in [0.05, 0.1) is 25.4 Å². The Hall–Kier alpha value is -0.420. The maximum Gasteiger partial charge on any atom is 0.0920 e. The lowest BCUT2D eigenvalue weighted by molar-refractivity contribution is -0.0531. The van der Waals surface area contributed by atoms with Crippen molar-refractivity contribution in [3.05, 3.63) is 12.2 Å². The summed E-state index contributed by atoms with van der Waals surface area (Å²) < 4.78 is 5.65. The summed E-state index contributed by atoms with van der Waals surface area (Å²) in [5.74, 6) is 1.27. The second-order valence-electron chi connectivity index (χ2n) is 6.24. The third-order valence-electron chi connectivity index (χ3n) is 4.43. The molecule has 0 spiro atoms. The fourth-order valence-electron chi connectivity index (χ4n) is 2.92. The molecule has 3 atom stereocenters. The lowest BCUT2D eigenvalue weighted by atomic mass is 9.85. The number of hydrogen-bond acceptors (Lipinski definition) is 4. The van der Waals surface area contributed by atoms with E-state index in [2.05, 4.69) is 24.6 Å². The molecule has 4 nitrogen and oxygen atoms in total. The Bertz CT molecular complexity index is 289. The highest BCUT2D eigenvalue weighted by molar-refractivity contribution is 4.93. The van der Waals surface area contributed by atoms with Crippen LogP contribution in [0.15, 0.2) is 12.2 Å². The molecule has 20 heavy (non-hydrogen) atoms. The minimum absolute atomic E-state index is 0.331. The van der Waals surface area contributed by atoms with Crippen molar-refractivity contribution in [3.63, 3.8) is 0 Å².